The average molecular weight is 228 g/mol. The van der Waals surface area contributed by atoms with Gasteiger partial charge in [0.25, 0.3) is 0 Å². The molecule has 0 saturated heterocycles. The first-order valence-corrected chi connectivity index (χ1v) is 4.22. The van der Waals surface area contributed by atoms with Gasteiger partial charge in [0.2, 0.25) is 5.43 Å². The van der Waals surface area contributed by atoms with E-state index < -0.39 is 17.3 Å². The Balaban J connectivity index is 3.07. The van der Waals surface area contributed by atoms with E-state index in [1.54, 1.807) is 0 Å². The van der Waals surface area contributed by atoms with Gasteiger partial charge in [-0.15, -0.1) is 0 Å². The predicted molar refractivity (Wildman–Crippen MR) is 54.0 cm³/mol. The summed E-state index contributed by atoms with van der Waals surface area (Å²) in [5.74, 6) is -2.93. The molecule has 15 heavy (non-hydrogen) atoms. The van der Waals surface area contributed by atoms with Gasteiger partial charge in [-0.1, -0.05) is 11.6 Å². The number of carbonyl (C=O) groups is 2. The van der Waals surface area contributed by atoms with Gasteiger partial charge in [0.05, 0.1) is 5.69 Å². The molecule has 0 radical (unpaired) electrons. The van der Waals surface area contributed by atoms with Crippen LogP contribution in [-0.2, 0) is 9.59 Å². The minimum atomic E-state index is -1.66. The molecule has 0 aliphatic heterocycles. The van der Waals surface area contributed by atoms with Crippen LogP contribution in [0.4, 0.5) is 5.69 Å². The zero-order chi connectivity index (χ0) is 11.4. The molecule has 1 aromatic rings. The Morgan fingerprint density at radius 1 is 1.20 bits per heavy atom. The third-order valence-corrected chi connectivity index (χ3v) is 1.76. The third kappa shape index (κ3) is 3.07. The van der Waals surface area contributed by atoms with Crippen LogP contribution in [0, 0.1) is 0 Å². The van der Waals surface area contributed by atoms with Crippen molar-refractivity contribution in [2.75, 3.05) is 5.32 Å². The third-order valence-electron chi connectivity index (χ3n) is 1.51. The average Bonchev–Trinajstić information content (AvgIpc) is 2.32. The van der Waals surface area contributed by atoms with Gasteiger partial charge in [-0.05, 0) is 24.3 Å². The highest BCUT2D eigenvalue weighted by molar-refractivity contribution is 6.36. The Labute approximate surface area is 89.3 Å². The quantitative estimate of drug-likeness (QED) is 0.693. The number of rotatable bonds is 1. The topological polar surface area (TPSA) is 83.5 Å². The van der Waals surface area contributed by atoms with E-state index in [1.807, 2.05) is 5.32 Å². The minimum Gasteiger partial charge on any atom is -0.474 e. The fourth-order valence-corrected chi connectivity index (χ4v) is 0.951. The normalized spacial score (nSPS) is 9.40. The molecule has 1 rings (SSSR count). The molecule has 0 aliphatic carbocycles. The van der Waals surface area contributed by atoms with Crippen LogP contribution < -0.4 is 10.7 Å². The number of nitrogens with one attached hydrogen (secondary N) is 1. The maximum atomic E-state index is 11.3. The zero-order valence-corrected chi connectivity index (χ0v) is 8.12. The standard InChI is InChI=1S/C9H6ClNO4/c10-5-1-3-6(7(12)4-2-5)11-8(13)9(14)15/h1-4H,(H,14,15)(H,11,12,13). The van der Waals surface area contributed by atoms with Crippen molar-refractivity contribution in [1.29, 1.82) is 0 Å². The molecule has 0 heterocycles. The maximum absolute atomic E-state index is 11.3. The van der Waals surface area contributed by atoms with E-state index in [9.17, 15) is 14.4 Å². The number of hydrogen-bond donors (Lipinski definition) is 2. The van der Waals surface area contributed by atoms with E-state index in [0.717, 1.165) is 6.07 Å². The lowest BCUT2D eigenvalue weighted by molar-refractivity contribution is -0.147. The number of hydrogen-bond acceptors (Lipinski definition) is 3. The summed E-state index contributed by atoms with van der Waals surface area (Å²) in [5, 5.41) is 10.6. The molecule has 78 valence electrons. The second kappa shape index (κ2) is 4.56. The van der Waals surface area contributed by atoms with Gasteiger partial charge >= 0.3 is 11.9 Å². The zero-order valence-electron chi connectivity index (χ0n) is 7.36. The summed E-state index contributed by atoms with van der Waals surface area (Å²) in [6.45, 7) is 0. The summed E-state index contributed by atoms with van der Waals surface area (Å²) in [7, 11) is 0. The van der Waals surface area contributed by atoms with Crippen LogP contribution in [0.25, 0.3) is 0 Å². The van der Waals surface area contributed by atoms with Crippen molar-refractivity contribution in [3.8, 4) is 0 Å². The molecule has 0 spiro atoms. The van der Waals surface area contributed by atoms with Gasteiger partial charge in [-0.3, -0.25) is 9.59 Å². The lowest BCUT2D eigenvalue weighted by atomic mass is 10.4. The van der Waals surface area contributed by atoms with Gasteiger partial charge in [-0.25, -0.2) is 4.79 Å². The monoisotopic (exact) mass is 227 g/mol. The number of carbonyl (C=O) groups excluding carboxylic acids is 1. The molecule has 0 aliphatic rings. The number of carboxylic acids is 1. The first-order valence-electron chi connectivity index (χ1n) is 3.85. The van der Waals surface area contributed by atoms with Crippen molar-refractivity contribution < 1.29 is 14.7 Å². The molecule has 1 aromatic carbocycles. The van der Waals surface area contributed by atoms with E-state index in [2.05, 4.69) is 0 Å². The van der Waals surface area contributed by atoms with Gasteiger partial charge in [0.15, 0.2) is 0 Å². The van der Waals surface area contributed by atoms with Crippen molar-refractivity contribution in [2.24, 2.45) is 0 Å². The summed E-state index contributed by atoms with van der Waals surface area (Å²) in [5.41, 5.74) is -0.647. The van der Waals surface area contributed by atoms with Crippen LogP contribution in [0.3, 0.4) is 0 Å². The summed E-state index contributed by atoms with van der Waals surface area (Å²) in [6.07, 6.45) is 0. The molecule has 5 nitrogen and oxygen atoms in total. The van der Waals surface area contributed by atoms with Crippen molar-refractivity contribution in [1.82, 2.24) is 0 Å². The second-order valence-electron chi connectivity index (χ2n) is 2.59. The fourth-order valence-electron chi connectivity index (χ4n) is 0.825. The maximum Gasteiger partial charge on any atom is 0.394 e. The van der Waals surface area contributed by atoms with Gasteiger partial charge in [0, 0.05) is 5.02 Å². The highest BCUT2D eigenvalue weighted by Crippen LogP contribution is 2.06. The lowest BCUT2D eigenvalue weighted by Crippen LogP contribution is -2.24. The summed E-state index contributed by atoms with van der Waals surface area (Å²) >= 11 is 5.60. The molecular weight excluding hydrogens is 222 g/mol. The van der Waals surface area contributed by atoms with Crippen molar-refractivity contribution in [3.05, 3.63) is 39.5 Å². The number of carboxylic acid groups (broad SMARTS) is 1. The smallest absolute Gasteiger partial charge is 0.394 e. The fraction of sp³-hybridized carbons (Fsp3) is 0. The van der Waals surface area contributed by atoms with E-state index in [4.69, 9.17) is 16.7 Å². The van der Waals surface area contributed by atoms with E-state index in [0.29, 0.717) is 5.02 Å². The van der Waals surface area contributed by atoms with Crippen molar-refractivity contribution in [2.45, 2.75) is 0 Å². The number of anilines is 1. The Kier molecular flexibility index (Phi) is 3.41. The SMILES string of the molecule is O=C(O)C(=O)Nc1ccc(Cl)ccc1=O. The van der Waals surface area contributed by atoms with E-state index in [-0.39, 0.29) is 5.69 Å². The molecule has 0 aromatic heterocycles. The van der Waals surface area contributed by atoms with E-state index >= 15 is 0 Å². The Morgan fingerprint density at radius 2 is 1.80 bits per heavy atom. The molecule has 0 bridgehead atoms. The van der Waals surface area contributed by atoms with Crippen LogP contribution in [0.2, 0.25) is 5.02 Å². The molecule has 2 N–H and O–H groups in total. The van der Waals surface area contributed by atoms with Gasteiger partial charge < -0.3 is 10.4 Å². The van der Waals surface area contributed by atoms with E-state index in [1.165, 1.54) is 18.2 Å². The first kappa shape index (κ1) is 11.2. The van der Waals surface area contributed by atoms with Crippen molar-refractivity contribution in [3.63, 3.8) is 0 Å². The molecule has 6 heteroatoms. The predicted octanol–water partition coefficient (Wildman–Crippen LogP) is 0.723. The van der Waals surface area contributed by atoms with Crippen LogP contribution in [-0.4, -0.2) is 17.0 Å². The molecular formula is C9H6ClNO4. The van der Waals surface area contributed by atoms with Crippen LogP contribution >= 0.6 is 11.6 Å². The van der Waals surface area contributed by atoms with Crippen LogP contribution in [0.1, 0.15) is 0 Å². The number of amides is 1. The van der Waals surface area contributed by atoms with Gasteiger partial charge in [0.1, 0.15) is 0 Å². The lowest BCUT2D eigenvalue weighted by Gasteiger charge is -1.96. The highest BCUT2D eigenvalue weighted by Gasteiger charge is 2.11. The van der Waals surface area contributed by atoms with Crippen LogP contribution in [0.5, 0.6) is 0 Å². The molecule has 0 fully saturated rings. The summed E-state index contributed by atoms with van der Waals surface area (Å²) < 4.78 is 0. The first-order chi connectivity index (χ1) is 7.00. The summed E-state index contributed by atoms with van der Waals surface area (Å²) in [4.78, 5) is 32.3. The molecule has 0 atom stereocenters. The van der Waals surface area contributed by atoms with Crippen molar-refractivity contribution >= 4 is 29.2 Å². The van der Waals surface area contributed by atoms with Crippen LogP contribution in [0.15, 0.2) is 29.1 Å². The Bertz CT molecular complexity index is 472. The Morgan fingerprint density at radius 3 is 2.40 bits per heavy atom. The highest BCUT2D eigenvalue weighted by atomic mass is 35.5. The summed E-state index contributed by atoms with van der Waals surface area (Å²) in [6, 6.07) is 5.10. The molecule has 0 unspecified atom stereocenters. The minimum absolute atomic E-state index is 0.130. The Hall–Kier alpha value is -1.88. The number of aliphatic carboxylic acids is 1. The largest absolute Gasteiger partial charge is 0.474 e. The molecule has 1 amide bonds. The molecule has 0 saturated carbocycles. The second-order valence-corrected chi connectivity index (χ2v) is 3.03. The number of halogens is 1. The van der Waals surface area contributed by atoms with Gasteiger partial charge in [-0.2, -0.15) is 0 Å².